The van der Waals surface area contributed by atoms with Crippen molar-refractivity contribution in [1.82, 2.24) is 137 Å². The molecule has 41 heteroatoms. The molecule has 0 bridgehead atoms. The Hall–Kier alpha value is -16.4. The zero-order valence-corrected chi connectivity index (χ0v) is 82.5. The monoisotopic (exact) mass is 2000 g/mol. The number of fused-ring (bicyclic) bond motifs is 23. The number of hydrogen-bond acceptors (Lipinski definition) is 24. The van der Waals surface area contributed by atoms with E-state index in [1.165, 1.54) is 68.5 Å². The second kappa shape index (κ2) is 38.9. The minimum Gasteiger partial charge on any atom is -0.396 e. The number of dihydropyridines is 1. The Bertz CT molecular complexity index is 8560. The maximum Gasteiger partial charge on any atom is 0.433 e. The summed E-state index contributed by atoms with van der Waals surface area (Å²) in [6.07, 6.45) is 25.6. The number of H-pyrrole nitrogens is 9. The van der Waals surface area contributed by atoms with E-state index >= 15 is 0 Å². The Morgan fingerprint density at radius 2 is 0.939 bits per heavy atom. The number of nitrogens with two attached hydrogens (primary N) is 1. The highest BCUT2D eigenvalue weighted by Gasteiger charge is 2.46. The van der Waals surface area contributed by atoms with Crippen LogP contribution in [0.4, 0.5) is 38.1 Å². The highest BCUT2D eigenvalue weighted by atomic mass is 19.4. The maximum absolute atomic E-state index is 14.2. The van der Waals surface area contributed by atoms with E-state index in [4.69, 9.17) is 25.8 Å². The molecule has 15 N–H and O–H groups in total. The van der Waals surface area contributed by atoms with Crippen molar-refractivity contribution in [3.05, 3.63) is 227 Å². The summed E-state index contributed by atoms with van der Waals surface area (Å²) >= 11 is 0. The summed E-state index contributed by atoms with van der Waals surface area (Å²) in [4.78, 5) is 78.7. The van der Waals surface area contributed by atoms with Crippen molar-refractivity contribution in [1.29, 1.82) is 0 Å². The van der Waals surface area contributed by atoms with Gasteiger partial charge in [-0.15, -0.1) is 0 Å². The van der Waals surface area contributed by atoms with Gasteiger partial charge in [0.25, 0.3) is 11.8 Å². The summed E-state index contributed by atoms with van der Waals surface area (Å²) in [5.41, 5.74) is 40.3. The Balaban J connectivity index is 0.000000106. The van der Waals surface area contributed by atoms with Crippen LogP contribution in [0.3, 0.4) is 0 Å². The number of allylic oxidation sites excluding steroid dienone is 2. The highest BCUT2D eigenvalue weighted by Crippen LogP contribution is 2.52. The summed E-state index contributed by atoms with van der Waals surface area (Å²) in [6, 6.07) is 15.6. The average Bonchev–Trinajstić information content (AvgIpc) is 1.37. The van der Waals surface area contributed by atoms with E-state index in [0.29, 0.717) is 65.8 Å². The summed E-state index contributed by atoms with van der Waals surface area (Å²) in [5, 5.41) is 91.1. The lowest BCUT2D eigenvalue weighted by Crippen LogP contribution is -2.42. The van der Waals surface area contributed by atoms with E-state index in [9.17, 15) is 45.5 Å². The number of aromatic amines is 9. The van der Waals surface area contributed by atoms with Gasteiger partial charge in [-0.1, -0.05) is 13.0 Å². The van der Waals surface area contributed by atoms with Gasteiger partial charge in [0.2, 0.25) is 5.95 Å². The summed E-state index contributed by atoms with van der Waals surface area (Å²) in [5.74, 6) is -1.25. The lowest BCUT2D eigenvalue weighted by atomic mass is 9.71. The van der Waals surface area contributed by atoms with E-state index in [1.807, 2.05) is 94.0 Å². The molecule has 26 rings (SSSR count). The molecular formula is C107H106F6N30O5. The number of aryl methyl sites for hydroxylation is 9. The number of aliphatic hydroxyl groups is 1. The fourth-order valence-corrected chi connectivity index (χ4v) is 22.9. The predicted octanol–water partition coefficient (Wildman–Crippen LogP) is 19.1. The largest absolute Gasteiger partial charge is 0.433 e. The van der Waals surface area contributed by atoms with Crippen molar-refractivity contribution in [3.63, 3.8) is 0 Å². The Morgan fingerprint density at radius 3 is 1.42 bits per heavy atom. The minimum atomic E-state index is -4.81. The molecule has 0 fully saturated rings. The standard InChI is InChI=1S/C24H18F6N8.C22H23N5O2.C21H22N6O.C21H21N5O.C19H22N6O/c1-10-14(23(25,26)27)9-31-22(33-10)35-21-18(20(37-38-21)24(28,29)30)19-12-5-3-2-4-11(12)17-13-8-32-36-15(13)6-7-16(17)34-19;1-12-15(11-23-25-12)21-14-6-3-2-5-13(14)19-16(24-21)8-9-17-20(19)22(27-26-17)18(29)7-4-10-28;1-11-14(10-22-24-11)19-13-7-5-4-6-12(13)17-15(23-19)8-9-16-18(17)20(26-25-16)21(28)27(2)3;1-3-17(27)21-19-16(25-26-21)9-8-15-18(19)12-6-4-5-7-13(12)20(23-15)14-10-22-24-11(14)2;1-9-12(8-21-23-9)17-11-5-3-2-4-10(11)15-13(22-17)6-7-14-16(15)18(19(20)26)25-24-14/h6-9H,2-5H2,1H3,(H,32,36)(H2,31,33,35,37,38);8-9,11,28H,2-7,10H2,1H3,(H,23,25)(H,26,27);8-10H,4-7H2,1-3H3,(H,22,24)(H,25,26);8-10H,3-7H2,1-2H3,(H,22,24)(H,25,26);6-8,14,16-17,22,24H,2-5H2,1H3,(H2,20,26)(H,21,23). The van der Waals surface area contributed by atoms with E-state index in [0.717, 1.165) is 259 Å². The lowest BCUT2D eigenvalue weighted by molar-refractivity contribution is -0.141. The number of aliphatic hydroxyl groups excluding tert-OH is 1. The van der Waals surface area contributed by atoms with Gasteiger partial charge < -0.3 is 31.8 Å². The van der Waals surface area contributed by atoms with Crippen molar-refractivity contribution < 1.29 is 50.6 Å². The topological polar surface area (TPSA) is 502 Å². The number of nitrogens with zero attached hydrogens (tertiary/aromatic N) is 17. The van der Waals surface area contributed by atoms with Crippen LogP contribution in [0.1, 0.15) is 231 Å². The molecule has 0 radical (unpaired) electrons. The molecule has 0 saturated heterocycles. The first-order valence-corrected chi connectivity index (χ1v) is 50.1. The van der Waals surface area contributed by atoms with Crippen LogP contribution in [0.25, 0.3) is 132 Å². The average molecular weight is 2010 g/mol. The van der Waals surface area contributed by atoms with Gasteiger partial charge in [0.1, 0.15) is 17.1 Å². The number of alkyl halides is 6. The number of ketones is 2. The fraction of sp³-hybridized carbons (Fsp3) is 0.346. The first-order valence-electron chi connectivity index (χ1n) is 50.1. The summed E-state index contributed by atoms with van der Waals surface area (Å²) in [7, 11) is 3.50. The summed E-state index contributed by atoms with van der Waals surface area (Å²) in [6.45, 7) is 11.1. The number of benzene rings is 4. The second-order valence-electron chi connectivity index (χ2n) is 39.2. The number of halogens is 6. The van der Waals surface area contributed by atoms with Crippen LogP contribution in [0.5, 0.6) is 0 Å². The number of carbonyl (C=O) groups is 4. The van der Waals surface area contributed by atoms with Gasteiger partial charge in [0.15, 0.2) is 28.8 Å². The lowest BCUT2D eigenvalue weighted by Gasteiger charge is -2.40. The number of carbonyl (C=O) groups excluding carboxylic acids is 4. The van der Waals surface area contributed by atoms with E-state index in [-0.39, 0.29) is 77.2 Å². The van der Waals surface area contributed by atoms with Crippen LogP contribution in [-0.2, 0) is 68.5 Å². The molecule has 16 heterocycles. The van der Waals surface area contributed by atoms with Crippen LogP contribution in [0.2, 0.25) is 0 Å². The van der Waals surface area contributed by atoms with Gasteiger partial charge in [0.05, 0.1) is 133 Å². The van der Waals surface area contributed by atoms with Crippen molar-refractivity contribution in [3.8, 4) is 45.0 Å². The molecule has 2 aliphatic heterocycles. The van der Waals surface area contributed by atoms with Crippen LogP contribution in [0, 0.1) is 40.5 Å². The first-order chi connectivity index (χ1) is 71.6. The molecule has 18 aromatic rings. The maximum atomic E-state index is 14.2. The van der Waals surface area contributed by atoms with Gasteiger partial charge in [-0.05, 0) is 285 Å². The third-order valence-electron chi connectivity index (χ3n) is 29.9. The van der Waals surface area contributed by atoms with Gasteiger partial charge in [-0.25, -0.2) is 29.9 Å². The summed E-state index contributed by atoms with van der Waals surface area (Å²) < 4.78 is 81.9. The predicted molar refractivity (Wildman–Crippen MR) is 548 cm³/mol. The number of aromatic nitrogens is 24. The Morgan fingerprint density at radius 1 is 0.480 bits per heavy atom. The SMILES string of the molecule is CCC(=O)c1n[nH]c2ccc3nc(-c4cn[nH]c4C)c4c(c3c12)CCCC4.Cc1[nH]ncc1-c1nc2ccc3[nH]nc(C(=O)CCCO)c3c2c2c1CCCC2.Cc1[nH]ncc1-c1nc2ccc3[nH]nc(C(=O)N(C)C)c3c2c2c1CCCC2.Cc1[nH]ncc1C1NC2=C(C3=C1CCCC3)C1C(C(N)=O)=NNC1C=C2.Cc1nc(Nc2n[nH]c(C(F)(F)F)c2-c2nc3ccc4[nH]ncc4c3c3c2CCCC3)ncc1C(F)(F)F. The number of hydrogen-bond donors (Lipinski definition) is 14. The van der Waals surface area contributed by atoms with Gasteiger partial charge in [-0.2, -0.15) is 77.3 Å². The molecule has 35 nitrogen and oxygen atoms in total. The van der Waals surface area contributed by atoms with Gasteiger partial charge >= 0.3 is 12.4 Å². The van der Waals surface area contributed by atoms with Crippen LogP contribution >= 0.6 is 0 Å². The van der Waals surface area contributed by atoms with Crippen molar-refractivity contribution in [2.75, 3.05) is 26.0 Å². The molecule has 0 spiro atoms. The Kier molecular flexibility index (Phi) is 25.3. The first kappa shape index (κ1) is 96.4. The van der Waals surface area contributed by atoms with Gasteiger partial charge in [-0.3, -0.25) is 65.1 Å². The smallest absolute Gasteiger partial charge is 0.396 e. The van der Waals surface area contributed by atoms with Crippen molar-refractivity contribution in [2.45, 2.75) is 214 Å². The number of Topliss-reactive ketones (excluding diaryl/α,β-unsaturated/α-hetero) is 2. The molecule has 3 unspecified atom stereocenters. The number of anilines is 2. The molecule has 8 aliphatic rings. The molecular weight excluding hydrogens is 1900 g/mol. The van der Waals surface area contributed by atoms with Gasteiger partial charge in [0, 0.05) is 134 Å². The minimum absolute atomic E-state index is 0.000786. The van der Waals surface area contributed by atoms with E-state index in [1.54, 1.807) is 37.3 Å². The quantitative estimate of drug-likeness (QED) is 0.0335. The molecule has 148 heavy (non-hydrogen) atoms. The van der Waals surface area contributed by atoms with Crippen LogP contribution in [0.15, 0.2) is 125 Å². The molecule has 6 aliphatic carbocycles. The molecule has 2 amide bonds. The molecule has 756 valence electrons. The Labute approximate surface area is 840 Å². The number of nitrogens with one attached hydrogen (secondary N) is 12. The fourth-order valence-electron chi connectivity index (χ4n) is 22.9. The number of rotatable bonds is 15. The third kappa shape index (κ3) is 17.2. The van der Waals surface area contributed by atoms with Crippen LogP contribution < -0.4 is 21.8 Å². The molecule has 3 atom stereocenters. The van der Waals surface area contributed by atoms with Crippen molar-refractivity contribution >= 4 is 128 Å². The molecule has 4 aromatic carbocycles. The normalized spacial score (nSPS) is 16.7. The van der Waals surface area contributed by atoms with Crippen molar-refractivity contribution in [2.24, 2.45) is 16.8 Å². The number of hydrazone groups is 1. The number of primary amides is 1. The highest BCUT2D eigenvalue weighted by molar-refractivity contribution is 6.40. The number of pyridine rings is 4. The van der Waals surface area contributed by atoms with E-state index < -0.39 is 29.5 Å². The zero-order valence-electron chi connectivity index (χ0n) is 82.5. The number of amides is 2. The third-order valence-corrected chi connectivity index (χ3v) is 29.9. The zero-order chi connectivity index (χ0) is 103. The molecule has 14 aromatic heterocycles. The van der Waals surface area contributed by atoms with Crippen LogP contribution in [-0.4, -0.2) is 188 Å². The van der Waals surface area contributed by atoms with E-state index in [2.05, 4.69) is 142 Å². The molecule has 0 saturated carbocycles. The second-order valence-corrected chi connectivity index (χ2v) is 39.2.